The molecule has 30 heavy (non-hydrogen) atoms. The Hall–Kier alpha value is -3.11. The summed E-state index contributed by atoms with van der Waals surface area (Å²) in [6.45, 7) is 4.14. The molecule has 0 aliphatic carbocycles. The molecule has 0 aromatic heterocycles. The van der Waals surface area contributed by atoms with Gasteiger partial charge in [-0.2, -0.15) is 0 Å². The van der Waals surface area contributed by atoms with Crippen LogP contribution in [0.25, 0.3) is 11.1 Å². The maximum absolute atomic E-state index is 12.9. The Balaban J connectivity index is 1.42. The van der Waals surface area contributed by atoms with Crippen LogP contribution in [0, 0.1) is 0 Å². The summed E-state index contributed by atoms with van der Waals surface area (Å²) in [6.07, 6.45) is 0.800. The minimum absolute atomic E-state index is 0.0698. The van der Waals surface area contributed by atoms with Crippen LogP contribution in [-0.2, 0) is 24.3 Å². The average molecular weight is 401 g/mol. The highest BCUT2D eigenvalue weighted by atomic mass is 16.5. The lowest BCUT2D eigenvalue weighted by Crippen LogP contribution is -2.44. The normalized spacial score (nSPS) is 14.2. The first-order valence-corrected chi connectivity index (χ1v) is 10.5. The predicted molar refractivity (Wildman–Crippen MR) is 120 cm³/mol. The molecule has 1 heterocycles. The van der Waals surface area contributed by atoms with Crippen molar-refractivity contribution in [1.29, 1.82) is 0 Å². The molecule has 0 fully saturated rings. The summed E-state index contributed by atoms with van der Waals surface area (Å²) in [5.74, 6) is 0.915. The van der Waals surface area contributed by atoms with E-state index in [1.165, 1.54) is 27.8 Å². The van der Waals surface area contributed by atoms with E-state index in [2.05, 4.69) is 58.7 Å². The molecule has 0 saturated carbocycles. The molecule has 3 aromatic carbocycles. The number of benzene rings is 3. The molecule has 1 atom stereocenters. The third-order valence-corrected chi connectivity index (χ3v) is 5.87. The molecule has 4 rings (SSSR count). The van der Waals surface area contributed by atoms with Crippen molar-refractivity contribution in [3.05, 3.63) is 89.5 Å². The summed E-state index contributed by atoms with van der Waals surface area (Å²) in [5.41, 5.74) is 6.24. The number of ether oxygens (including phenoxy) is 1. The molecule has 154 valence electrons. The largest absolute Gasteiger partial charge is 0.497 e. The van der Waals surface area contributed by atoms with E-state index in [0.29, 0.717) is 6.54 Å². The Labute approximate surface area is 178 Å². The molecule has 4 nitrogen and oxygen atoms in total. The zero-order chi connectivity index (χ0) is 20.9. The molecule has 3 aromatic rings. The smallest absolute Gasteiger partial charge is 0.237 e. The van der Waals surface area contributed by atoms with Gasteiger partial charge >= 0.3 is 0 Å². The topological polar surface area (TPSA) is 41.6 Å². The van der Waals surface area contributed by atoms with E-state index in [1.807, 2.05) is 31.2 Å². The molecule has 0 radical (unpaired) electrons. The van der Waals surface area contributed by atoms with Gasteiger partial charge in [0, 0.05) is 19.6 Å². The third kappa shape index (κ3) is 4.39. The predicted octanol–water partition coefficient (Wildman–Crippen LogP) is 4.43. The van der Waals surface area contributed by atoms with Gasteiger partial charge in [0.05, 0.1) is 13.2 Å². The van der Waals surface area contributed by atoms with Crippen LogP contribution in [0.1, 0.15) is 23.6 Å². The van der Waals surface area contributed by atoms with Crippen LogP contribution in [0.15, 0.2) is 72.8 Å². The van der Waals surface area contributed by atoms with Gasteiger partial charge in [0.25, 0.3) is 0 Å². The lowest BCUT2D eigenvalue weighted by Gasteiger charge is -2.27. The summed E-state index contributed by atoms with van der Waals surface area (Å²) in [4.78, 5) is 15.2. The van der Waals surface area contributed by atoms with Crippen molar-refractivity contribution >= 4 is 5.91 Å². The highest BCUT2D eigenvalue weighted by molar-refractivity contribution is 5.81. The van der Waals surface area contributed by atoms with Crippen LogP contribution in [0.3, 0.4) is 0 Å². The number of methoxy groups -OCH3 is 1. The number of hydrogen-bond acceptors (Lipinski definition) is 3. The number of carbonyl (C=O) groups is 1. The number of rotatable bonds is 6. The SMILES string of the molecule is COc1ccc(CCNC(=O)[C@@H](C)N2Cc3ccccc3-c3ccccc3C2)cc1. The van der Waals surface area contributed by atoms with E-state index in [9.17, 15) is 4.79 Å². The van der Waals surface area contributed by atoms with Crippen molar-refractivity contribution in [2.24, 2.45) is 0 Å². The Bertz CT molecular complexity index is 966. The summed E-state index contributed by atoms with van der Waals surface area (Å²) < 4.78 is 5.20. The molecule has 0 unspecified atom stereocenters. The van der Waals surface area contributed by atoms with Gasteiger partial charge in [0.15, 0.2) is 0 Å². The molecular formula is C26H28N2O2. The molecule has 0 saturated heterocycles. The monoisotopic (exact) mass is 400 g/mol. The summed E-state index contributed by atoms with van der Waals surface area (Å²) in [6, 6.07) is 24.8. The van der Waals surface area contributed by atoms with Crippen LogP contribution in [-0.4, -0.2) is 30.5 Å². The van der Waals surface area contributed by atoms with Crippen LogP contribution in [0.5, 0.6) is 5.75 Å². The molecule has 1 aliphatic rings. The first-order valence-electron chi connectivity index (χ1n) is 10.5. The van der Waals surface area contributed by atoms with Crippen LogP contribution < -0.4 is 10.1 Å². The standard InChI is InChI=1S/C26H28N2O2/c1-19(26(29)27-16-15-20-11-13-23(30-2)14-12-20)28-17-21-7-3-5-9-24(21)25-10-6-4-8-22(25)18-28/h3-14,19H,15-18H2,1-2H3,(H,27,29)/t19-/m1/s1. The zero-order valence-electron chi connectivity index (χ0n) is 17.6. The van der Waals surface area contributed by atoms with Crippen molar-refractivity contribution in [3.63, 3.8) is 0 Å². The third-order valence-electron chi connectivity index (χ3n) is 5.87. The highest BCUT2D eigenvalue weighted by Crippen LogP contribution is 2.33. The Morgan fingerprint density at radius 1 is 0.933 bits per heavy atom. The van der Waals surface area contributed by atoms with Crippen molar-refractivity contribution < 1.29 is 9.53 Å². The van der Waals surface area contributed by atoms with Gasteiger partial charge < -0.3 is 10.1 Å². The molecule has 0 bridgehead atoms. The van der Waals surface area contributed by atoms with Gasteiger partial charge in [-0.3, -0.25) is 9.69 Å². The summed E-state index contributed by atoms with van der Waals surface area (Å²) in [7, 11) is 1.66. The van der Waals surface area contributed by atoms with Crippen molar-refractivity contribution in [2.75, 3.05) is 13.7 Å². The average Bonchev–Trinajstić information content (AvgIpc) is 2.96. The number of fused-ring (bicyclic) bond motifs is 3. The van der Waals surface area contributed by atoms with Gasteiger partial charge in [-0.15, -0.1) is 0 Å². The second-order valence-electron chi connectivity index (χ2n) is 7.78. The van der Waals surface area contributed by atoms with Gasteiger partial charge in [0.2, 0.25) is 5.91 Å². The first kappa shape index (κ1) is 20.2. The fraction of sp³-hybridized carbons (Fsp3) is 0.269. The van der Waals surface area contributed by atoms with E-state index in [4.69, 9.17) is 4.74 Å². The van der Waals surface area contributed by atoms with E-state index in [0.717, 1.165) is 25.3 Å². The molecular weight excluding hydrogens is 372 g/mol. The minimum atomic E-state index is -0.208. The number of nitrogens with zero attached hydrogens (tertiary/aromatic N) is 1. The first-order chi connectivity index (χ1) is 14.7. The van der Waals surface area contributed by atoms with Crippen molar-refractivity contribution in [1.82, 2.24) is 10.2 Å². The molecule has 1 aliphatic heterocycles. The second-order valence-corrected chi connectivity index (χ2v) is 7.78. The maximum atomic E-state index is 12.9. The van der Waals surface area contributed by atoms with Crippen molar-refractivity contribution in [3.8, 4) is 16.9 Å². The Morgan fingerprint density at radius 3 is 2.07 bits per heavy atom. The molecule has 0 spiro atoms. The fourth-order valence-electron chi connectivity index (χ4n) is 4.05. The lowest BCUT2D eigenvalue weighted by molar-refractivity contribution is -0.126. The quantitative estimate of drug-likeness (QED) is 0.666. The van der Waals surface area contributed by atoms with E-state index in [-0.39, 0.29) is 11.9 Å². The van der Waals surface area contributed by atoms with Gasteiger partial charge in [-0.05, 0) is 53.3 Å². The Kier molecular flexibility index (Phi) is 6.15. The number of carbonyl (C=O) groups excluding carboxylic acids is 1. The van der Waals surface area contributed by atoms with Crippen LogP contribution >= 0.6 is 0 Å². The number of hydrogen-bond donors (Lipinski definition) is 1. The molecule has 4 heteroatoms. The summed E-state index contributed by atoms with van der Waals surface area (Å²) >= 11 is 0. The molecule has 1 N–H and O–H groups in total. The van der Waals surface area contributed by atoms with Crippen LogP contribution in [0.4, 0.5) is 0 Å². The van der Waals surface area contributed by atoms with E-state index >= 15 is 0 Å². The Morgan fingerprint density at radius 2 is 1.50 bits per heavy atom. The van der Waals surface area contributed by atoms with Gasteiger partial charge in [-0.1, -0.05) is 60.7 Å². The van der Waals surface area contributed by atoms with Crippen molar-refractivity contribution in [2.45, 2.75) is 32.5 Å². The number of nitrogens with one attached hydrogen (secondary N) is 1. The molecule has 1 amide bonds. The van der Waals surface area contributed by atoms with Gasteiger partial charge in [0.1, 0.15) is 5.75 Å². The zero-order valence-corrected chi connectivity index (χ0v) is 17.6. The van der Waals surface area contributed by atoms with E-state index < -0.39 is 0 Å². The van der Waals surface area contributed by atoms with E-state index in [1.54, 1.807) is 7.11 Å². The minimum Gasteiger partial charge on any atom is -0.497 e. The fourth-order valence-corrected chi connectivity index (χ4v) is 4.05. The highest BCUT2D eigenvalue weighted by Gasteiger charge is 2.26. The summed E-state index contributed by atoms with van der Waals surface area (Å²) in [5, 5.41) is 3.11. The maximum Gasteiger partial charge on any atom is 0.237 e. The van der Waals surface area contributed by atoms with Gasteiger partial charge in [-0.25, -0.2) is 0 Å². The second kappa shape index (κ2) is 9.14. The van der Waals surface area contributed by atoms with Crippen LogP contribution in [0.2, 0.25) is 0 Å². The lowest BCUT2D eigenvalue weighted by atomic mass is 9.97. The number of amides is 1.